The fraction of sp³-hybridized carbons (Fsp3) is 0.500. The molecule has 6 heteroatoms. The number of amides is 1. The molecule has 2 aromatic carbocycles. The molecule has 0 aromatic heterocycles. The van der Waals surface area contributed by atoms with E-state index in [2.05, 4.69) is 5.32 Å². The largest absolute Gasteiger partial charge is 0.493 e. The van der Waals surface area contributed by atoms with Crippen LogP contribution in [0, 0.1) is 11.8 Å². The van der Waals surface area contributed by atoms with Gasteiger partial charge in [-0.1, -0.05) is 36.4 Å². The lowest BCUT2D eigenvalue weighted by Crippen LogP contribution is -2.82. The predicted molar refractivity (Wildman–Crippen MR) is 120 cm³/mol. The molecule has 4 aliphatic carbocycles. The summed E-state index contributed by atoms with van der Waals surface area (Å²) < 4.78 is 10.8. The SMILES string of the molecule is COc1cccc(C(=O)NC23CC4CC(CC(O)(C4)C2(O)Cc2ccccc2)C3)c1OC. The molecule has 1 amide bonds. The van der Waals surface area contributed by atoms with E-state index in [1.807, 2.05) is 30.3 Å². The highest BCUT2D eigenvalue weighted by Gasteiger charge is 2.72. The lowest BCUT2D eigenvalue weighted by atomic mass is 9.43. The number of carbonyl (C=O) groups excluding carboxylic acids is 1. The second-order valence-electron chi connectivity index (χ2n) is 9.92. The number of hydrogen-bond donors (Lipinski definition) is 3. The summed E-state index contributed by atoms with van der Waals surface area (Å²) in [4.78, 5) is 13.6. The maximum absolute atomic E-state index is 13.6. The predicted octanol–water partition coefficient (Wildman–Crippen LogP) is 3.10. The van der Waals surface area contributed by atoms with E-state index in [4.69, 9.17) is 9.47 Å². The first-order chi connectivity index (χ1) is 15.3. The van der Waals surface area contributed by atoms with Gasteiger partial charge in [-0.25, -0.2) is 0 Å². The Kier molecular flexibility index (Phi) is 4.98. The smallest absolute Gasteiger partial charge is 0.255 e. The van der Waals surface area contributed by atoms with Gasteiger partial charge in [-0.15, -0.1) is 0 Å². The van der Waals surface area contributed by atoms with Gasteiger partial charge in [0.25, 0.3) is 5.91 Å². The van der Waals surface area contributed by atoms with Gasteiger partial charge in [-0.2, -0.15) is 0 Å². The Hall–Kier alpha value is -2.57. The molecule has 0 spiro atoms. The number of hydrogen-bond acceptors (Lipinski definition) is 5. The molecule has 3 unspecified atom stereocenters. The van der Waals surface area contributed by atoms with E-state index in [0.29, 0.717) is 49.2 Å². The molecule has 6 nitrogen and oxygen atoms in total. The van der Waals surface area contributed by atoms with E-state index in [0.717, 1.165) is 12.0 Å². The monoisotopic (exact) mass is 437 g/mol. The van der Waals surface area contributed by atoms with Gasteiger partial charge in [0.2, 0.25) is 0 Å². The number of aliphatic hydroxyl groups is 2. The molecule has 2 aromatic rings. The summed E-state index contributed by atoms with van der Waals surface area (Å²) in [5.74, 6) is 1.09. The highest BCUT2D eigenvalue weighted by Crippen LogP contribution is 2.63. The van der Waals surface area contributed by atoms with Crippen LogP contribution in [-0.2, 0) is 6.42 Å². The van der Waals surface area contributed by atoms with E-state index in [-0.39, 0.29) is 17.7 Å². The van der Waals surface area contributed by atoms with Crippen molar-refractivity contribution in [3.8, 4) is 11.5 Å². The van der Waals surface area contributed by atoms with Crippen molar-refractivity contribution in [3.05, 3.63) is 59.7 Å². The van der Waals surface area contributed by atoms with Crippen LogP contribution in [-0.4, -0.2) is 47.1 Å². The summed E-state index contributed by atoms with van der Waals surface area (Å²) >= 11 is 0. The molecule has 32 heavy (non-hydrogen) atoms. The molecule has 4 bridgehead atoms. The maximum Gasteiger partial charge on any atom is 0.255 e. The molecule has 0 saturated heterocycles. The zero-order valence-electron chi connectivity index (χ0n) is 18.6. The van der Waals surface area contributed by atoms with Crippen molar-refractivity contribution in [2.24, 2.45) is 11.8 Å². The third kappa shape index (κ3) is 3.04. The Morgan fingerprint density at radius 3 is 2.28 bits per heavy atom. The minimum atomic E-state index is -1.46. The van der Waals surface area contributed by atoms with Crippen LogP contribution in [0.1, 0.15) is 48.0 Å². The molecule has 6 rings (SSSR count). The highest BCUT2D eigenvalue weighted by atomic mass is 16.5. The molecule has 0 radical (unpaired) electrons. The first-order valence-electron chi connectivity index (χ1n) is 11.4. The summed E-state index contributed by atoms with van der Waals surface area (Å²) in [6.45, 7) is 0. The average molecular weight is 438 g/mol. The minimum absolute atomic E-state index is 0.288. The zero-order valence-corrected chi connectivity index (χ0v) is 18.6. The second kappa shape index (κ2) is 7.49. The number of carbonyl (C=O) groups is 1. The quantitative estimate of drug-likeness (QED) is 0.646. The Bertz CT molecular complexity index is 1010. The lowest BCUT2D eigenvalue weighted by Gasteiger charge is -2.68. The maximum atomic E-state index is 13.6. The van der Waals surface area contributed by atoms with Crippen molar-refractivity contribution >= 4 is 5.91 Å². The van der Waals surface area contributed by atoms with Gasteiger partial charge >= 0.3 is 0 Å². The third-order valence-corrected chi connectivity index (χ3v) is 8.06. The minimum Gasteiger partial charge on any atom is -0.493 e. The standard InChI is InChI=1S/C26H31NO5/c1-31-21-10-6-9-20(22(21)32-2)23(28)27-24-12-18-11-19(13-24)15-25(29,14-18)26(24,30)16-17-7-4-3-5-8-17/h3-10,18-19,29-30H,11-16H2,1-2H3,(H,27,28). The van der Waals surface area contributed by atoms with Gasteiger partial charge in [0.1, 0.15) is 5.60 Å². The molecule has 3 atom stereocenters. The molecule has 170 valence electrons. The van der Waals surface area contributed by atoms with Crippen molar-refractivity contribution < 1.29 is 24.5 Å². The Balaban J connectivity index is 1.55. The number of rotatable bonds is 6. The summed E-state index contributed by atoms with van der Waals surface area (Å²) in [5.41, 5.74) is -2.29. The fourth-order valence-corrected chi connectivity index (χ4v) is 6.96. The number of benzene rings is 2. The third-order valence-electron chi connectivity index (χ3n) is 8.06. The van der Waals surface area contributed by atoms with Crippen molar-refractivity contribution in [1.29, 1.82) is 0 Å². The van der Waals surface area contributed by atoms with Crippen LogP contribution in [0.2, 0.25) is 0 Å². The summed E-state index contributed by atoms with van der Waals surface area (Å²) in [7, 11) is 3.04. The first-order valence-corrected chi connectivity index (χ1v) is 11.4. The lowest BCUT2D eigenvalue weighted by molar-refractivity contribution is -0.279. The molecule has 4 fully saturated rings. The number of ether oxygens (including phenoxy) is 2. The van der Waals surface area contributed by atoms with Crippen LogP contribution < -0.4 is 14.8 Å². The van der Waals surface area contributed by atoms with Crippen molar-refractivity contribution in [3.63, 3.8) is 0 Å². The van der Waals surface area contributed by atoms with Crippen molar-refractivity contribution in [2.75, 3.05) is 14.2 Å². The first kappa shape index (κ1) is 21.3. The van der Waals surface area contributed by atoms with Gasteiger partial charge in [-0.05, 0) is 61.6 Å². The normalized spacial score (nSPS) is 34.9. The molecular weight excluding hydrogens is 406 g/mol. The summed E-state index contributed by atoms with van der Waals surface area (Å²) in [5, 5.41) is 27.2. The molecule has 0 heterocycles. The van der Waals surface area contributed by atoms with Crippen LogP contribution in [0.5, 0.6) is 11.5 Å². The topological polar surface area (TPSA) is 88.0 Å². The van der Waals surface area contributed by atoms with Crippen LogP contribution >= 0.6 is 0 Å². The van der Waals surface area contributed by atoms with Gasteiger partial charge in [0.15, 0.2) is 11.5 Å². The van der Waals surface area contributed by atoms with Gasteiger partial charge in [0, 0.05) is 6.42 Å². The van der Waals surface area contributed by atoms with Crippen LogP contribution in [0.15, 0.2) is 48.5 Å². The van der Waals surface area contributed by atoms with Crippen molar-refractivity contribution in [2.45, 2.75) is 55.3 Å². The van der Waals surface area contributed by atoms with E-state index in [9.17, 15) is 15.0 Å². The number of nitrogens with one attached hydrogen (secondary N) is 1. The zero-order chi connectivity index (χ0) is 22.6. The van der Waals surface area contributed by atoms with E-state index in [1.165, 1.54) is 14.2 Å². The second-order valence-corrected chi connectivity index (χ2v) is 9.92. The summed E-state index contributed by atoms with van der Waals surface area (Å²) in [6.07, 6.45) is 3.81. The Morgan fingerprint density at radius 1 is 0.969 bits per heavy atom. The van der Waals surface area contributed by atoms with Gasteiger partial charge in [0.05, 0.1) is 30.9 Å². The van der Waals surface area contributed by atoms with Gasteiger partial charge < -0.3 is 25.0 Å². The number of para-hydroxylation sites is 1. The van der Waals surface area contributed by atoms with E-state index in [1.54, 1.807) is 18.2 Å². The van der Waals surface area contributed by atoms with Gasteiger partial charge in [-0.3, -0.25) is 4.79 Å². The average Bonchev–Trinajstić information content (AvgIpc) is 2.77. The van der Waals surface area contributed by atoms with Crippen LogP contribution in [0.25, 0.3) is 0 Å². The molecule has 4 aliphatic rings. The van der Waals surface area contributed by atoms with Crippen LogP contribution in [0.4, 0.5) is 0 Å². The Labute approximate surface area is 188 Å². The van der Waals surface area contributed by atoms with Crippen LogP contribution in [0.3, 0.4) is 0 Å². The highest BCUT2D eigenvalue weighted by molar-refractivity contribution is 5.98. The molecule has 3 N–H and O–H groups in total. The molecule has 0 aliphatic heterocycles. The molecule has 4 saturated carbocycles. The van der Waals surface area contributed by atoms with E-state index >= 15 is 0 Å². The Morgan fingerprint density at radius 2 is 1.66 bits per heavy atom. The summed E-state index contributed by atoms with van der Waals surface area (Å²) in [6, 6.07) is 14.9. The molecular formula is C26H31NO5. The number of methoxy groups -OCH3 is 2. The van der Waals surface area contributed by atoms with E-state index < -0.39 is 16.7 Å². The van der Waals surface area contributed by atoms with Crippen molar-refractivity contribution in [1.82, 2.24) is 5.32 Å². The fourth-order valence-electron chi connectivity index (χ4n) is 6.96.